The molecule has 112 valence electrons. The third-order valence-corrected chi connectivity index (χ3v) is 5.74. The molecule has 0 aromatic heterocycles. The smallest absolute Gasteiger partial charge is 0.148 e. The number of thioether (sulfide) groups is 1. The van der Waals surface area contributed by atoms with Crippen molar-refractivity contribution in [1.29, 1.82) is 0 Å². The van der Waals surface area contributed by atoms with Gasteiger partial charge in [0.15, 0.2) is 0 Å². The van der Waals surface area contributed by atoms with E-state index in [1.165, 1.54) is 6.26 Å². The summed E-state index contributed by atoms with van der Waals surface area (Å²) in [5, 5.41) is 0. The van der Waals surface area contributed by atoms with Crippen molar-refractivity contribution in [2.24, 2.45) is 5.41 Å². The van der Waals surface area contributed by atoms with E-state index in [2.05, 4.69) is 6.92 Å². The lowest BCUT2D eigenvalue weighted by molar-refractivity contribution is 0.0792. The van der Waals surface area contributed by atoms with Crippen molar-refractivity contribution in [3.63, 3.8) is 0 Å². The normalized spacial score (nSPS) is 17.5. The quantitative estimate of drug-likeness (QED) is 0.724. The lowest BCUT2D eigenvalue weighted by atomic mass is 9.71. The second-order valence-electron chi connectivity index (χ2n) is 5.59. The summed E-state index contributed by atoms with van der Waals surface area (Å²) in [6.07, 6.45) is 4.31. The maximum absolute atomic E-state index is 11.6. The van der Waals surface area contributed by atoms with Crippen LogP contribution < -0.4 is 4.74 Å². The summed E-state index contributed by atoms with van der Waals surface area (Å²) >= 11 is 1.75. The van der Waals surface area contributed by atoms with E-state index in [9.17, 15) is 8.42 Å². The van der Waals surface area contributed by atoms with E-state index in [0.29, 0.717) is 6.61 Å². The lowest BCUT2D eigenvalue weighted by Gasteiger charge is -2.40. The van der Waals surface area contributed by atoms with E-state index in [4.69, 9.17) is 4.74 Å². The first kappa shape index (κ1) is 15.7. The van der Waals surface area contributed by atoms with Gasteiger partial charge >= 0.3 is 0 Å². The van der Waals surface area contributed by atoms with Crippen molar-refractivity contribution >= 4 is 21.6 Å². The summed E-state index contributed by atoms with van der Waals surface area (Å²) in [5.41, 5.74) is -0.169. The van der Waals surface area contributed by atoms with Gasteiger partial charge in [-0.15, -0.1) is 11.8 Å². The zero-order valence-corrected chi connectivity index (χ0v) is 13.7. The molecule has 0 radical (unpaired) electrons. The van der Waals surface area contributed by atoms with Gasteiger partial charge in [-0.3, -0.25) is 0 Å². The van der Waals surface area contributed by atoms with Gasteiger partial charge in [0.05, 0.1) is 12.4 Å². The van der Waals surface area contributed by atoms with Crippen molar-refractivity contribution in [2.75, 3.05) is 24.4 Å². The Morgan fingerprint density at radius 3 is 2.55 bits per heavy atom. The van der Waals surface area contributed by atoms with Crippen LogP contribution in [0.5, 0.6) is 5.75 Å². The molecule has 5 heteroatoms. The van der Waals surface area contributed by atoms with Gasteiger partial charge in [-0.25, -0.2) is 8.42 Å². The van der Waals surface area contributed by atoms with Crippen LogP contribution in [0.4, 0.5) is 0 Å². The number of rotatable bonds is 7. The van der Waals surface area contributed by atoms with Gasteiger partial charge in [0, 0.05) is 16.6 Å². The van der Waals surface area contributed by atoms with E-state index in [1.807, 2.05) is 24.3 Å². The minimum atomic E-state index is -2.95. The maximum atomic E-state index is 11.6. The van der Waals surface area contributed by atoms with E-state index >= 15 is 0 Å². The van der Waals surface area contributed by atoms with Gasteiger partial charge in [-0.2, -0.15) is 0 Å². The minimum absolute atomic E-state index is 0.169. The van der Waals surface area contributed by atoms with E-state index in [-0.39, 0.29) is 11.2 Å². The number of hydrogen-bond acceptors (Lipinski definition) is 4. The van der Waals surface area contributed by atoms with E-state index in [1.54, 1.807) is 11.8 Å². The fraction of sp³-hybridized carbons (Fsp3) is 0.600. The summed E-state index contributed by atoms with van der Waals surface area (Å²) < 4.78 is 29.1. The van der Waals surface area contributed by atoms with Crippen molar-refractivity contribution in [2.45, 2.75) is 31.1 Å². The van der Waals surface area contributed by atoms with Gasteiger partial charge in [-0.1, -0.05) is 25.5 Å². The molecule has 0 amide bonds. The summed E-state index contributed by atoms with van der Waals surface area (Å²) in [6, 6.07) is 7.97. The predicted molar refractivity (Wildman–Crippen MR) is 84.3 cm³/mol. The topological polar surface area (TPSA) is 43.4 Å². The Bertz CT molecular complexity index is 548. The van der Waals surface area contributed by atoms with Crippen LogP contribution in [-0.4, -0.2) is 32.8 Å². The number of para-hydroxylation sites is 1. The molecule has 0 saturated heterocycles. The van der Waals surface area contributed by atoms with Crippen LogP contribution in [0.2, 0.25) is 0 Å². The first-order chi connectivity index (χ1) is 9.44. The van der Waals surface area contributed by atoms with Crippen molar-refractivity contribution in [1.82, 2.24) is 0 Å². The molecule has 0 heterocycles. The molecule has 20 heavy (non-hydrogen) atoms. The van der Waals surface area contributed by atoms with Crippen LogP contribution in [0.15, 0.2) is 29.2 Å². The van der Waals surface area contributed by atoms with Crippen LogP contribution >= 0.6 is 11.8 Å². The Hall–Kier alpha value is -0.680. The maximum Gasteiger partial charge on any atom is 0.148 e. The Morgan fingerprint density at radius 1 is 1.30 bits per heavy atom. The molecule has 0 aliphatic heterocycles. The fourth-order valence-electron chi connectivity index (χ4n) is 2.64. The van der Waals surface area contributed by atoms with Gasteiger partial charge in [-0.05, 0) is 30.7 Å². The predicted octanol–water partition coefficient (Wildman–Crippen LogP) is 3.39. The zero-order chi connectivity index (χ0) is 14.6. The van der Waals surface area contributed by atoms with Gasteiger partial charge < -0.3 is 4.74 Å². The Labute approximate surface area is 126 Å². The molecule has 0 atom stereocenters. The SMILES string of the molecule is CCSc1ccccc1OCC1(CS(C)(=O)=O)CCC1. The van der Waals surface area contributed by atoms with Gasteiger partial charge in [0.2, 0.25) is 0 Å². The van der Waals surface area contributed by atoms with Crippen LogP contribution in [0.1, 0.15) is 26.2 Å². The van der Waals surface area contributed by atoms with Crippen molar-refractivity contribution in [3.8, 4) is 5.75 Å². The molecular formula is C15H22O3S2. The molecule has 0 N–H and O–H groups in total. The van der Waals surface area contributed by atoms with Crippen LogP contribution in [0.25, 0.3) is 0 Å². The average molecular weight is 314 g/mol. The summed E-state index contributed by atoms with van der Waals surface area (Å²) in [7, 11) is -2.95. The molecule has 3 nitrogen and oxygen atoms in total. The molecule has 0 bridgehead atoms. The molecular weight excluding hydrogens is 292 g/mol. The molecule has 1 aromatic carbocycles. The van der Waals surface area contributed by atoms with Gasteiger partial charge in [0.25, 0.3) is 0 Å². The van der Waals surface area contributed by atoms with Crippen LogP contribution in [-0.2, 0) is 9.84 Å². The van der Waals surface area contributed by atoms with Crippen molar-refractivity contribution in [3.05, 3.63) is 24.3 Å². The first-order valence-electron chi connectivity index (χ1n) is 6.96. The Morgan fingerprint density at radius 2 is 2.00 bits per heavy atom. The molecule has 1 saturated carbocycles. The molecule has 1 aromatic rings. The standard InChI is InChI=1S/C15H22O3S2/c1-3-19-14-8-5-4-7-13(14)18-11-15(9-6-10-15)12-20(2,16)17/h4-5,7-8H,3,6,9-12H2,1-2H3. The molecule has 0 spiro atoms. The highest BCUT2D eigenvalue weighted by atomic mass is 32.2. The summed E-state index contributed by atoms with van der Waals surface area (Å²) in [5.74, 6) is 2.11. The van der Waals surface area contributed by atoms with Crippen LogP contribution in [0.3, 0.4) is 0 Å². The molecule has 2 rings (SSSR count). The largest absolute Gasteiger partial charge is 0.492 e. The molecule has 0 unspecified atom stereocenters. The van der Waals surface area contributed by atoms with Crippen LogP contribution in [0, 0.1) is 5.41 Å². The molecule has 1 fully saturated rings. The third kappa shape index (κ3) is 4.16. The molecule has 1 aliphatic rings. The Balaban J connectivity index is 2.04. The minimum Gasteiger partial charge on any atom is -0.492 e. The second-order valence-corrected chi connectivity index (χ2v) is 9.04. The van der Waals surface area contributed by atoms with Crippen molar-refractivity contribution < 1.29 is 13.2 Å². The first-order valence-corrected chi connectivity index (χ1v) is 10.0. The van der Waals surface area contributed by atoms with E-state index in [0.717, 1.165) is 35.7 Å². The second kappa shape index (κ2) is 6.39. The summed E-state index contributed by atoms with van der Waals surface area (Å²) in [4.78, 5) is 1.13. The number of benzene rings is 1. The average Bonchev–Trinajstić information content (AvgIpc) is 2.33. The number of hydrogen-bond donors (Lipinski definition) is 0. The summed E-state index contributed by atoms with van der Waals surface area (Å²) in [6.45, 7) is 2.61. The highest BCUT2D eigenvalue weighted by molar-refractivity contribution is 7.99. The monoisotopic (exact) mass is 314 g/mol. The number of ether oxygens (including phenoxy) is 1. The highest BCUT2D eigenvalue weighted by Crippen LogP contribution is 2.43. The zero-order valence-electron chi connectivity index (χ0n) is 12.1. The highest BCUT2D eigenvalue weighted by Gasteiger charge is 2.40. The Kier molecular flexibility index (Phi) is 5.02. The third-order valence-electron chi connectivity index (χ3n) is 3.67. The van der Waals surface area contributed by atoms with E-state index < -0.39 is 9.84 Å². The lowest BCUT2D eigenvalue weighted by Crippen LogP contribution is -2.41. The van der Waals surface area contributed by atoms with Gasteiger partial charge in [0.1, 0.15) is 15.6 Å². The molecule has 1 aliphatic carbocycles. The fourth-order valence-corrected chi connectivity index (χ4v) is 4.88. The number of sulfone groups is 1.